The Bertz CT molecular complexity index is 570. The van der Waals surface area contributed by atoms with Gasteiger partial charge in [0.15, 0.2) is 0 Å². The molecule has 0 saturated carbocycles. The molecule has 2 aromatic carbocycles. The maximum atomic E-state index is 11.2. The molecule has 0 spiro atoms. The van der Waals surface area contributed by atoms with Crippen LogP contribution in [-0.4, -0.2) is 17.1 Å². The highest BCUT2D eigenvalue weighted by Crippen LogP contribution is 2.10. The fourth-order valence-electron chi connectivity index (χ4n) is 1.69. The van der Waals surface area contributed by atoms with Crippen LogP contribution in [0.2, 0.25) is 0 Å². The lowest BCUT2D eigenvalue weighted by atomic mass is 10.1. The molecule has 5 nitrogen and oxygen atoms in total. The topological polar surface area (TPSA) is 74.0 Å². The molecule has 0 amide bonds. The van der Waals surface area contributed by atoms with Gasteiger partial charge in [-0.3, -0.25) is 5.43 Å². The predicted octanol–water partition coefficient (Wildman–Crippen LogP) is 2.97. The van der Waals surface area contributed by atoms with Crippen molar-refractivity contribution in [1.29, 1.82) is 0 Å². The van der Waals surface area contributed by atoms with Crippen LogP contribution in [0.5, 0.6) is 0 Å². The molecule has 0 bridgehead atoms. The van der Waals surface area contributed by atoms with Gasteiger partial charge in [-0.2, -0.15) is 0 Å². The van der Waals surface area contributed by atoms with Gasteiger partial charge >= 0.3 is 5.97 Å². The second kappa shape index (κ2) is 7.04. The summed E-state index contributed by atoms with van der Waals surface area (Å²) in [7, 11) is 0. The summed E-state index contributed by atoms with van der Waals surface area (Å²) in [6.45, 7) is 0. The highest BCUT2D eigenvalue weighted by Gasteiger charge is 2.16. The second-order valence-electron chi connectivity index (χ2n) is 4.25. The summed E-state index contributed by atoms with van der Waals surface area (Å²) >= 11 is 0. The smallest absolute Gasteiger partial charge is 0.328 e. The lowest BCUT2D eigenvalue weighted by Crippen LogP contribution is -2.34. The number of hydrogen-bond acceptors (Lipinski definition) is 3. The molecule has 1 atom stereocenters. The van der Waals surface area contributed by atoms with Crippen LogP contribution in [-0.2, 0) is 11.2 Å². The Kier molecular flexibility index (Phi) is 4.83. The van der Waals surface area contributed by atoms with Crippen molar-refractivity contribution < 1.29 is 9.90 Å². The van der Waals surface area contributed by atoms with Crippen molar-refractivity contribution >= 4 is 11.7 Å². The molecule has 0 aromatic heterocycles. The number of carbonyl (C=O) groups is 1. The minimum Gasteiger partial charge on any atom is -0.480 e. The van der Waals surface area contributed by atoms with Gasteiger partial charge in [0.25, 0.3) is 0 Å². The van der Waals surface area contributed by atoms with E-state index in [0.29, 0.717) is 12.1 Å². The molecular formula is C15H15N3O2. The van der Waals surface area contributed by atoms with Gasteiger partial charge in [-0.1, -0.05) is 53.8 Å². The zero-order chi connectivity index (χ0) is 14.2. The van der Waals surface area contributed by atoms with E-state index in [9.17, 15) is 4.79 Å². The minimum atomic E-state index is -0.958. The molecule has 0 aliphatic rings. The van der Waals surface area contributed by atoms with Crippen LogP contribution < -0.4 is 5.43 Å². The van der Waals surface area contributed by atoms with Crippen molar-refractivity contribution in [2.45, 2.75) is 12.5 Å². The molecule has 0 heterocycles. The lowest BCUT2D eigenvalue weighted by molar-refractivity contribution is -0.139. The number of benzene rings is 2. The molecule has 0 aliphatic heterocycles. The van der Waals surface area contributed by atoms with Crippen LogP contribution in [0, 0.1) is 0 Å². The van der Waals surface area contributed by atoms with Gasteiger partial charge in [0.1, 0.15) is 6.04 Å². The first kappa shape index (κ1) is 13.7. The Labute approximate surface area is 117 Å². The Balaban J connectivity index is 1.96. The SMILES string of the molecule is O=C(O)[C@H](Cc1ccccc1)N/N=N/c1ccccc1. The molecule has 0 aliphatic carbocycles. The Morgan fingerprint density at radius 2 is 1.65 bits per heavy atom. The average Bonchev–Trinajstić information content (AvgIpc) is 2.48. The third kappa shape index (κ3) is 4.20. The molecule has 5 heteroatoms. The summed E-state index contributed by atoms with van der Waals surface area (Å²) in [5, 5.41) is 16.8. The van der Waals surface area contributed by atoms with Gasteiger partial charge in [0, 0.05) is 6.42 Å². The van der Waals surface area contributed by atoms with E-state index in [1.807, 2.05) is 48.5 Å². The molecule has 0 fully saturated rings. The van der Waals surface area contributed by atoms with Crippen molar-refractivity contribution in [2.75, 3.05) is 0 Å². The maximum Gasteiger partial charge on any atom is 0.328 e. The third-order valence-corrected chi connectivity index (χ3v) is 2.72. The second-order valence-corrected chi connectivity index (χ2v) is 4.25. The van der Waals surface area contributed by atoms with E-state index >= 15 is 0 Å². The molecule has 102 valence electrons. The normalized spacial score (nSPS) is 12.2. The summed E-state index contributed by atoms with van der Waals surface area (Å²) in [5.41, 5.74) is 4.18. The Morgan fingerprint density at radius 3 is 2.25 bits per heavy atom. The monoisotopic (exact) mass is 269 g/mol. The molecule has 0 radical (unpaired) electrons. The van der Waals surface area contributed by atoms with E-state index in [-0.39, 0.29) is 0 Å². The van der Waals surface area contributed by atoms with Crippen molar-refractivity contribution in [3.05, 3.63) is 66.2 Å². The minimum absolute atomic E-state index is 0.351. The number of rotatable bonds is 6. The van der Waals surface area contributed by atoms with Crippen LogP contribution in [0.15, 0.2) is 71.0 Å². The quantitative estimate of drug-likeness (QED) is 0.625. The first-order valence-corrected chi connectivity index (χ1v) is 6.24. The van der Waals surface area contributed by atoms with Crippen LogP contribution in [0.3, 0.4) is 0 Å². The number of aliphatic carboxylic acids is 1. The van der Waals surface area contributed by atoms with Gasteiger partial charge in [0.05, 0.1) is 5.69 Å². The first-order chi connectivity index (χ1) is 9.75. The average molecular weight is 269 g/mol. The van der Waals surface area contributed by atoms with Crippen LogP contribution in [0.1, 0.15) is 5.56 Å². The molecule has 0 unspecified atom stereocenters. The maximum absolute atomic E-state index is 11.2. The Morgan fingerprint density at radius 1 is 1.05 bits per heavy atom. The van der Waals surface area contributed by atoms with Crippen LogP contribution in [0.25, 0.3) is 0 Å². The van der Waals surface area contributed by atoms with Gasteiger partial charge in [-0.15, -0.1) is 5.11 Å². The van der Waals surface area contributed by atoms with Gasteiger partial charge in [-0.25, -0.2) is 4.79 Å². The van der Waals surface area contributed by atoms with Gasteiger partial charge in [0.2, 0.25) is 0 Å². The molecule has 0 saturated heterocycles. The van der Waals surface area contributed by atoms with Crippen molar-refractivity contribution in [3.8, 4) is 0 Å². The molecule has 2 rings (SSSR count). The van der Waals surface area contributed by atoms with E-state index in [2.05, 4.69) is 15.8 Å². The van der Waals surface area contributed by atoms with Crippen molar-refractivity contribution in [2.24, 2.45) is 10.3 Å². The van der Waals surface area contributed by atoms with E-state index in [0.717, 1.165) is 5.56 Å². The highest BCUT2D eigenvalue weighted by molar-refractivity contribution is 5.73. The third-order valence-electron chi connectivity index (χ3n) is 2.72. The van der Waals surface area contributed by atoms with Crippen LogP contribution >= 0.6 is 0 Å². The number of hydrogen-bond donors (Lipinski definition) is 2. The predicted molar refractivity (Wildman–Crippen MR) is 75.7 cm³/mol. The fraction of sp³-hybridized carbons (Fsp3) is 0.133. The van der Waals surface area contributed by atoms with Gasteiger partial charge in [-0.05, 0) is 17.7 Å². The van der Waals surface area contributed by atoms with E-state index in [1.165, 1.54) is 0 Å². The molecular weight excluding hydrogens is 254 g/mol. The van der Waals surface area contributed by atoms with Crippen molar-refractivity contribution in [3.63, 3.8) is 0 Å². The molecule has 20 heavy (non-hydrogen) atoms. The summed E-state index contributed by atoms with van der Waals surface area (Å²) in [6, 6.07) is 17.7. The molecule has 2 N–H and O–H groups in total. The summed E-state index contributed by atoms with van der Waals surface area (Å²) < 4.78 is 0. The van der Waals surface area contributed by atoms with Gasteiger partial charge < -0.3 is 5.11 Å². The number of carboxylic acids is 1. The Hall–Kier alpha value is -2.69. The summed E-state index contributed by atoms with van der Waals surface area (Å²) in [6.07, 6.45) is 0.351. The summed E-state index contributed by atoms with van der Waals surface area (Å²) in [5.74, 6) is -0.958. The van der Waals surface area contributed by atoms with E-state index < -0.39 is 12.0 Å². The van der Waals surface area contributed by atoms with Crippen LogP contribution in [0.4, 0.5) is 5.69 Å². The number of nitrogens with one attached hydrogen (secondary N) is 1. The zero-order valence-corrected chi connectivity index (χ0v) is 10.8. The largest absolute Gasteiger partial charge is 0.480 e. The van der Waals surface area contributed by atoms with Crippen molar-refractivity contribution in [1.82, 2.24) is 5.43 Å². The zero-order valence-electron chi connectivity index (χ0n) is 10.8. The molecule has 2 aromatic rings. The van der Waals surface area contributed by atoms with E-state index in [1.54, 1.807) is 12.1 Å². The number of carboxylic acid groups (broad SMARTS) is 1. The lowest BCUT2D eigenvalue weighted by Gasteiger charge is -2.10. The summed E-state index contributed by atoms with van der Waals surface area (Å²) in [4.78, 5) is 11.2. The number of nitrogens with zero attached hydrogens (tertiary/aromatic N) is 2. The van der Waals surface area contributed by atoms with E-state index in [4.69, 9.17) is 5.11 Å². The first-order valence-electron chi connectivity index (χ1n) is 6.24. The fourth-order valence-corrected chi connectivity index (χ4v) is 1.69. The highest BCUT2D eigenvalue weighted by atomic mass is 16.4. The standard InChI is InChI=1S/C15H15N3O2/c19-15(20)14(11-12-7-3-1-4-8-12)17-18-16-13-9-5-2-6-10-13/h1-10,14H,11H2,(H,16,17)(H,19,20)/t14-/m0/s1.